The minimum Gasteiger partial charge on any atom is -0.490 e. The normalized spacial score (nSPS) is 13.4. The number of amides is 1. The number of rotatable bonds is 12. The van der Waals surface area contributed by atoms with Crippen LogP contribution in [0.15, 0.2) is 47.4 Å². The molecule has 2 aromatic carbocycles. The first-order valence-corrected chi connectivity index (χ1v) is 13.0. The van der Waals surface area contributed by atoms with Crippen molar-refractivity contribution in [3.63, 3.8) is 0 Å². The second-order valence-electron chi connectivity index (χ2n) is 7.73. The third kappa shape index (κ3) is 7.34. The van der Waals surface area contributed by atoms with Crippen LogP contribution in [-0.2, 0) is 14.8 Å². The predicted molar refractivity (Wildman–Crippen MR) is 130 cm³/mol. The van der Waals surface area contributed by atoms with E-state index in [1.165, 1.54) is 12.1 Å². The Kier molecular flexibility index (Phi) is 9.55. The Bertz CT molecular complexity index is 1060. The van der Waals surface area contributed by atoms with Crippen LogP contribution < -0.4 is 24.2 Å². The van der Waals surface area contributed by atoms with E-state index in [0.29, 0.717) is 42.8 Å². The van der Waals surface area contributed by atoms with Gasteiger partial charge in [-0.1, -0.05) is 26.0 Å². The SMILES string of the molecule is CCN(CC)CCOc1ccccc1NC(=O)CCNS(=O)(=O)c1ccc2c(c1)OCCCO2. The number of nitrogens with one attached hydrogen (secondary N) is 2. The Morgan fingerprint density at radius 2 is 1.79 bits per heavy atom. The molecule has 1 aliphatic heterocycles. The molecule has 0 saturated heterocycles. The fourth-order valence-electron chi connectivity index (χ4n) is 3.43. The van der Waals surface area contributed by atoms with Crippen molar-refractivity contribution in [1.29, 1.82) is 0 Å². The van der Waals surface area contributed by atoms with Crippen molar-refractivity contribution in [2.45, 2.75) is 31.6 Å². The molecule has 0 unspecified atom stereocenters. The van der Waals surface area contributed by atoms with Crippen LogP contribution >= 0.6 is 0 Å². The van der Waals surface area contributed by atoms with Crippen LogP contribution in [0.1, 0.15) is 26.7 Å². The van der Waals surface area contributed by atoms with Crippen LogP contribution in [0, 0.1) is 0 Å². The van der Waals surface area contributed by atoms with Crippen molar-refractivity contribution < 1.29 is 27.4 Å². The molecule has 34 heavy (non-hydrogen) atoms. The maximum absolute atomic E-state index is 12.7. The van der Waals surface area contributed by atoms with Crippen molar-refractivity contribution in [3.05, 3.63) is 42.5 Å². The highest BCUT2D eigenvalue weighted by atomic mass is 32.2. The van der Waals surface area contributed by atoms with E-state index in [1.807, 2.05) is 6.07 Å². The van der Waals surface area contributed by atoms with Gasteiger partial charge in [0.05, 0.1) is 23.8 Å². The van der Waals surface area contributed by atoms with Gasteiger partial charge in [-0.2, -0.15) is 0 Å². The first kappa shape index (κ1) is 25.8. The highest BCUT2D eigenvalue weighted by Gasteiger charge is 2.19. The van der Waals surface area contributed by atoms with Crippen molar-refractivity contribution >= 4 is 21.6 Å². The lowest BCUT2D eigenvalue weighted by atomic mass is 10.2. The number of hydrogen-bond donors (Lipinski definition) is 2. The molecule has 1 aliphatic rings. The summed E-state index contributed by atoms with van der Waals surface area (Å²) in [5, 5.41) is 2.80. The van der Waals surface area contributed by atoms with Crippen LogP contribution in [-0.4, -0.2) is 65.2 Å². The molecule has 2 aromatic rings. The summed E-state index contributed by atoms with van der Waals surface area (Å²) >= 11 is 0. The molecule has 0 aliphatic carbocycles. The van der Waals surface area contributed by atoms with E-state index in [2.05, 4.69) is 28.8 Å². The molecule has 1 amide bonds. The lowest BCUT2D eigenvalue weighted by molar-refractivity contribution is -0.116. The lowest BCUT2D eigenvalue weighted by Crippen LogP contribution is -2.28. The molecule has 0 saturated carbocycles. The maximum atomic E-state index is 12.7. The van der Waals surface area contributed by atoms with Gasteiger partial charge < -0.3 is 24.4 Å². The van der Waals surface area contributed by atoms with E-state index in [1.54, 1.807) is 24.3 Å². The van der Waals surface area contributed by atoms with Crippen LogP contribution in [0.2, 0.25) is 0 Å². The molecule has 3 rings (SSSR count). The summed E-state index contributed by atoms with van der Waals surface area (Å²) in [5.41, 5.74) is 0.554. The molecule has 0 bridgehead atoms. The summed E-state index contributed by atoms with van der Waals surface area (Å²) < 4.78 is 44.7. The first-order valence-electron chi connectivity index (χ1n) is 11.6. The fourth-order valence-corrected chi connectivity index (χ4v) is 4.47. The molecule has 186 valence electrons. The number of fused-ring (bicyclic) bond motifs is 1. The third-order valence-electron chi connectivity index (χ3n) is 5.39. The highest BCUT2D eigenvalue weighted by molar-refractivity contribution is 7.89. The Labute approximate surface area is 201 Å². The summed E-state index contributed by atoms with van der Waals surface area (Å²) in [6.07, 6.45) is 0.700. The van der Waals surface area contributed by atoms with Gasteiger partial charge in [-0.05, 0) is 37.4 Å². The molecule has 0 spiro atoms. The second-order valence-corrected chi connectivity index (χ2v) is 9.49. The van der Waals surface area contributed by atoms with Crippen LogP contribution in [0.4, 0.5) is 5.69 Å². The highest BCUT2D eigenvalue weighted by Crippen LogP contribution is 2.31. The van der Waals surface area contributed by atoms with Crippen LogP contribution in [0.5, 0.6) is 17.2 Å². The van der Waals surface area contributed by atoms with E-state index in [0.717, 1.165) is 26.1 Å². The monoisotopic (exact) mass is 491 g/mol. The summed E-state index contributed by atoms with van der Waals surface area (Å²) in [4.78, 5) is 14.8. The molecule has 0 aromatic heterocycles. The van der Waals surface area contributed by atoms with Gasteiger partial charge in [0.25, 0.3) is 0 Å². The van der Waals surface area contributed by atoms with Crippen molar-refractivity contribution in [2.75, 3.05) is 51.3 Å². The Balaban J connectivity index is 1.51. The number of sulfonamides is 1. The van der Waals surface area contributed by atoms with Gasteiger partial charge in [-0.25, -0.2) is 13.1 Å². The number of anilines is 1. The van der Waals surface area contributed by atoms with Gasteiger partial charge in [0, 0.05) is 32.0 Å². The molecule has 0 radical (unpaired) electrons. The number of para-hydroxylation sites is 2. The molecule has 0 fully saturated rings. The van der Waals surface area contributed by atoms with Crippen molar-refractivity contribution in [1.82, 2.24) is 9.62 Å². The van der Waals surface area contributed by atoms with Crippen LogP contribution in [0.25, 0.3) is 0 Å². The zero-order chi connectivity index (χ0) is 24.4. The van der Waals surface area contributed by atoms with Gasteiger partial charge in [0.1, 0.15) is 12.4 Å². The number of hydrogen-bond acceptors (Lipinski definition) is 7. The second kappa shape index (κ2) is 12.6. The first-order chi connectivity index (χ1) is 16.4. The topological polar surface area (TPSA) is 106 Å². The number of carbonyl (C=O) groups is 1. The quantitative estimate of drug-likeness (QED) is 0.470. The lowest BCUT2D eigenvalue weighted by Gasteiger charge is -2.19. The average Bonchev–Trinajstić information content (AvgIpc) is 3.08. The predicted octanol–water partition coefficient (Wildman–Crippen LogP) is 2.88. The average molecular weight is 492 g/mol. The summed E-state index contributed by atoms with van der Waals surface area (Å²) in [6, 6.07) is 11.7. The molecule has 9 nitrogen and oxygen atoms in total. The van der Waals surface area contributed by atoms with Gasteiger partial charge in [-0.15, -0.1) is 0 Å². The van der Waals surface area contributed by atoms with Gasteiger partial charge in [0.15, 0.2) is 11.5 Å². The minimum atomic E-state index is -3.80. The third-order valence-corrected chi connectivity index (χ3v) is 6.85. The Morgan fingerprint density at radius 3 is 2.56 bits per heavy atom. The van der Waals surface area contributed by atoms with E-state index in [-0.39, 0.29) is 23.8 Å². The Hall–Kier alpha value is -2.82. The van der Waals surface area contributed by atoms with E-state index in [9.17, 15) is 13.2 Å². The Morgan fingerprint density at radius 1 is 1.06 bits per heavy atom. The standard InChI is InChI=1S/C24H33N3O6S/c1-3-27(4-2)14-17-33-21-9-6-5-8-20(21)26-24(28)12-13-25-34(29,30)19-10-11-22-23(18-19)32-16-7-15-31-22/h5-6,8-11,18,25H,3-4,7,12-17H2,1-2H3,(H,26,28). The zero-order valence-electron chi connectivity index (χ0n) is 19.7. The molecular formula is C24H33N3O6S. The van der Waals surface area contributed by atoms with E-state index < -0.39 is 10.0 Å². The van der Waals surface area contributed by atoms with Crippen LogP contribution in [0.3, 0.4) is 0 Å². The smallest absolute Gasteiger partial charge is 0.240 e. The molecule has 0 atom stereocenters. The molecular weight excluding hydrogens is 458 g/mol. The number of likely N-dealkylation sites (N-methyl/N-ethyl adjacent to an activating group) is 1. The molecule has 1 heterocycles. The maximum Gasteiger partial charge on any atom is 0.240 e. The van der Waals surface area contributed by atoms with Gasteiger partial charge >= 0.3 is 0 Å². The summed E-state index contributed by atoms with van der Waals surface area (Å²) in [7, 11) is -3.80. The number of benzene rings is 2. The van der Waals surface area contributed by atoms with Crippen molar-refractivity contribution in [3.8, 4) is 17.2 Å². The summed E-state index contributed by atoms with van der Waals surface area (Å²) in [6.45, 7) is 8.32. The van der Waals surface area contributed by atoms with E-state index in [4.69, 9.17) is 14.2 Å². The largest absolute Gasteiger partial charge is 0.490 e. The van der Waals surface area contributed by atoms with Crippen molar-refractivity contribution in [2.24, 2.45) is 0 Å². The van der Waals surface area contributed by atoms with Gasteiger partial charge in [0.2, 0.25) is 15.9 Å². The summed E-state index contributed by atoms with van der Waals surface area (Å²) in [5.74, 6) is 1.18. The number of nitrogens with zero attached hydrogens (tertiary/aromatic N) is 1. The number of ether oxygens (including phenoxy) is 3. The van der Waals surface area contributed by atoms with Gasteiger partial charge in [-0.3, -0.25) is 4.79 Å². The fraction of sp³-hybridized carbons (Fsp3) is 0.458. The van der Waals surface area contributed by atoms with E-state index >= 15 is 0 Å². The number of carbonyl (C=O) groups excluding carboxylic acids is 1. The molecule has 2 N–H and O–H groups in total. The molecule has 10 heteroatoms. The minimum absolute atomic E-state index is 0.0302. The zero-order valence-corrected chi connectivity index (χ0v) is 20.5.